The van der Waals surface area contributed by atoms with E-state index in [0.717, 1.165) is 22.6 Å². The fourth-order valence-corrected chi connectivity index (χ4v) is 2.12. The molecule has 2 aromatic heterocycles. The Labute approximate surface area is 115 Å². The van der Waals surface area contributed by atoms with Crippen molar-refractivity contribution in [3.05, 3.63) is 53.4 Å². The summed E-state index contributed by atoms with van der Waals surface area (Å²) >= 11 is 5.24. The van der Waals surface area contributed by atoms with Gasteiger partial charge >= 0.3 is 0 Å². The molecule has 0 fully saturated rings. The summed E-state index contributed by atoms with van der Waals surface area (Å²) in [5.74, 6) is 0.770. The first-order valence-electron chi connectivity index (χ1n) is 5.88. The van der Waals surface area contributed by atoms with Crippen molar-refractivity contribution in [3.8, 4) is 22.6 Å². The number of hydrogen-bond donors (Lipinski definition) is 1. The molecule has 0 bridgehead atoms. The minimum Gasteiger partial charge on any atom is -0.339 e. The van der Waals surface area contributed by atoms with Crippen LogP contribution in [0.2, 0.25) is 0 Å². The van der Waals surface area contributed by atoms with E-state index in [2.05, 4.69) is 15.1 Å². The van der Waals surface area contributed by atoms with Crippen LogP contribution in [0.1, 0.15) is 0 Å². The number of nitrogens with zero attached hydrogens (tertiary/aromatic N) is 3. The number of hydrogen-bond acceptors (Lipinski definition) is 3. The molecule has 2 heterocycles. The van der Waals surface area contributed by atoms with Gasteiger partial charge in [-0.2, -0.15) is 5.10 Å². The molecule has 1 aromatic carbocycles. The maximum atomic E-state index is 5.24. The Morgan fingerprint density at radius 2 is 1.95 bits per heavy atom. The van der Waals surface area contributed by atoms with Crippen LogP contribution >= 0.6 is 12.2 Å². The summed E-state index contributed by atoms with van der Waals surface area (Å²) in [4.78, 5) is 7.67. The molecule has 0 aliphatic heterocycles. The summed E-state index contributed by atoms with van der Waals surface area (Å²) in [5, 5.41) is 4.17. The van der Waals surface area contributed by atoms with Crippen LogP contribution < -0.4 is 0 Å². The third kappa shape index (κ3) is 2.46. The lowest BCUT2D eigenvalue weighted by molar-refractivity contribution is 0.768. The minimum atomic E-state index is 0.566. The van der Waals surface area contributed by atoms with Crippen molar-refractivity contribution in [3.63, 3.8) is 0 Å². The maximum absolute atomic E-state index is 5.24. The van der Waals surface area contributed by atoms with E-state index < -0.39 is 0 Å². The molecule has 0 unspecified atom stereocenters. The first kappa shape index (κ1) is 11.8. The molecule has 3 aromatic rings. The number of rotatable bonds is 2. The quantitative estimate of drug-likeness (QED) is 0.726. The van der Waals surface area contributed by atoms with Gasteiger partial charge in [0.15, 0.2) is 0 Å². The molecule has 0 aliphatic rings. The predicted octanol–water partition coefficient (Wildman–Crippen LogP) is 3.21. The van der Waals surface area contributed by atoms with Crippen molar-refractivity contribution in [1.82, 2.24) is 19.7 Å². The van der Waals surface area contributed by atoms with Gasteiger partial charge in [0.2, 0.25) is 0 Å². The van der Waals surface area contributed by atoms with Crippen LogP contribution in [-0.4, -0.2) is 19.7 Å². The van der Waals surface area contributed by atoms with Gasteiger partial charge in [-0.25, -0.2) is 4.98 Å². The van der Waals surface area contributed by atoms with Crippen molar-refractivity contribution in [2.24, 2.45) is 7.05 Å². The van der Waals surface area contributed by atoms with Gasteiger partial charge in [0.05, 0.1) is 11.9 Å². The zero-order valence-electron chi connectivity index (χ0n) is 10.4. The standard InChI is InChI=1S/C14H12N4S/c1-18-9-11(8-15-18)12-7-13(19)17-14(16-12)10-5-3-2-4-6-10/h2-9H,1H3,(H,16,17,19). The largest absolute Gasteiger partial charge is 0.339 e. The lowest BCUT2D eigenvalue weighted by Crippen LogP contribution is -1.92. The SMILES string of the molecule is Cn1cc(-c2cc(=S)nc(-c3ccccc3)[nH]2)cn1. The molecule has 0 saturated carbocycles. The van der Waals surface area contributed by atoms with Gasteiger partial charge in [0.25, 0.3) is 0 Å². The Balaban J connectivity index is 2.14. The van der Waals surface area contributed by atoms with E-state index in [1.807, 2.05) is 49.6 Å². The zero-order chi connectivity index (χ0) is 13.2. The van der Waals surface area contributed by atoms with Crippen molar-refractivity contribution in [2.45, 2.75) is 0 Å². The van der Waals surface area contributed by atoms with E-state index in [9.17, 15) is 0 Å². The van der Waals surface area contributed by atoms with E-state index in [-0.39, 0.29) is 0 Å². The van der Waals surface area contributed by atoms with Crippen LogP contribution in [0.15, 0.2) is 48.8 Å². The fraction of sp³-hybridized carbons (Fsp3) is 0.0714. The number of aromatic nitrogens is 4. The van der Waals surface area contributed by atoms with Gasteiger partial charge in [-0.3, -0.25) is 4.68 Å². The molecule has 0 spiro atoms. The average Bonchev–Trinajstić information content (AvgIpc) is 2.86. The van der Waals surface area contributed by atoms with Crippen molar-refractivity contribution in [2.75, 3.05) is 0 Å². The van der Waals surface area contributed by atoms with Gasteiger partial charge in [0, 0.05) is 24.4 Å². The first-order chi connectivity index (χ1) is 9.22. The molecule has 0 amide bonds. The molecular weight excluding hydrogens is 256 g/mol. The number of H-pyrrole nitrogens is 1. The average molecular weight is 268 g/mol. The lowest BCUT2D eigenvalue weighted by Gasteiger charge is -2.04. The van der Waals surface area contributed by atoms with E-state index >= 15 is 0 Å². The lowest BCUT2D eigenvalue weighted by atomic mass is 10.2. The highest BCUT2D eigenvalue weighted by atomic mass is 32.1. The van der Waals surface area contributed by atoms with Crippen LogP contribution in [0.4, 0.5) is 0 Å². The molecule has 0 saturated heterocycles. The van der Waals surface area contributed by atoms with Gasteiger partial charge in [-0.05, 0) is 6.07 Å². The Hall–Kier alpha value is -2.27. The third-order valence-corrected chi connectivity index (χ3v) is 3.02. The number of benzene rings is 1. The van der Waals surface area contributed by atoms with Gasteiger partial charge in [-0.15, -0.1) is 0 Å². The Morgan fingerprint density at radius 1 is 1.16 bits per heavy atom. The zero-order valence-corrected chi connectivity index (χ0v) is 11.2. The van der Waals surface area contributed by atoms with E-state index in [1.54, 1.807) is 10.9 Å². The Morgan fingerprint density at radius 3 is 2.63 bits per heavy atom. The van der Waals surface area contributed by atoms with Gasteiger partial charge in [0.1, 0.15) is 10.5 Å². The fourth-order valence-electron chi connectivity index (χ4n) is 1.91. The molecule has 3 rings (SSSR count). The molecular formula is C14H12N4S. The maximum Gasteiger partial charge on any atom is 0.139 e. The van der Waals surface area contributed by atoms with Crippen molar-refractivity contribution in [1.29, 1.82) is 0 Å². The highest BCUT2D eigenvalue weighted by Crippen LogP contribution is 2.20. The summed E-state index contributed by atoms with van der Waals surface area (Å²) < 4.78 is 2.32. The number of nitrogens with one attached hydrogen (secondary N) is 1. The topological polar surface area (TPSA) is 46.5 Å². The monoisotopic (exact) mass is 268 g/mol. The smallest absolute Gasteiger partial charge is 0.139 e. The highest BCUT2D eigenvalue weighted by Gasteiger charge is 2.05. The van der Waals surface area contributed by atoms with Crippen molar-refractivity contribution >= 4 is 12.2 Å². The van der Waals surface area contributed by atoms with E-state index in [1.165, 1.54) is 0 Å². The molecule has 19 heavy (non-hydrogen) atoms. The molecule has 1 N–H and O–H groups in total. The number of aromatic amines is 1. The van der Waals surface area contributed by atoms with Gasteiger partial charge in [-0.1, -0.05) is 42.5 Å². The summed E-state index contributed by atoms with van der Waals surface area (Å²) in [7, 11) is 1.89. The van der Waals surface area contributed by atoms with E-state index in [4.69, 9.17) is 12.2 Å². The molecule has 5 heteroatoms. The molecule has 94 valence electrons. The van der Waals surface area contributed by atoms with Crippen LogP contribution in [0.3, 0.4) is 0 Å². The second kappa shape index (κ2) is 4.78. The van der Waals surface area contributed by atoms with Crippen LogP contribution in [-0.2, 0) is 7.05 Å². The Kier molecular flexibility index (Phi) is 2.97. The third-order valence-electron chi connectivity index (χ3n) is 2.81. The number of aryl methyl sites for hydroxylation is 1. The molecule has 0 aliphatic carbocycles. The predicted molar refractivity (Wildman–Crippen MR) is 77.1 cm³/mol. The molecule has 0 atom stereocenters. The first-order valence-corrected chi connectivity index (χ1v) is 6.29. The molecule has 4 nitrogen and oxygen atoms in total. The minimum absolute atomic E-state index is 0.566. The molecule has 0 radical (unpaired) electrons. The van der Waals surface area contributed by atoms with Crippen LogP contribution in [0.25, 0.3) is 22.6 Å². The second-order valence-corrected chi connectivity index (χ2v) is 4.67. The second-order valence-electron chi connectivity index (χ2n) is 4.25. The summed E-state index contributed by atoms with van der Waals surface area (Å²) in [5.41, 5.74) is 2.93. The van der Waals surface area contributed by atoms with Crippen molar-refractivity contribution < 1.29 is 0 Å². The summed E-state index contributed by atoms with van der Waals surface area (Å²) in [6, 6.07) is 11.8. The van der Waals surface area contributed by atoms with Crippen LogP contribution in [0.5, 0.6) is 0 Å². The van der Waals surface area contributed by atoms with Gasteiger partial charge < -0.3 is 4.98 Å². The summed E-state index contributed by atoms with van der Waals surface area (Å²) in [6.07, 6.45) is 3.74. The van der Waals surface area contributed by atoms with E-state index in [0.29, 0.717) is 4.64 Å². The summed E-state index contributed by atoms with van der Waals surface area (Å²) in [6.45, 7) is 0. The highest BCUT2D eigenvalue weighted by molar-refractivity contribution is 7.71. The normalized spacial score (nSPS) is 10.6. The van der Waals surface area contributed by atoms with Crippen LogP contribution in [0, 0.1) is 4.64 Å². The Bertz CT molecular complexity index is 758.